The maximum atomic E-state index is 13.1. The highest BCUT2D eigenvalue weighted by Gasteiger charge is 2.35. The molecule has 1 unspecified atom stereocenters. The van der Waals surface area contributed by atoms with E-state index in [1.54, 1.807) is 18.6 Å². The lowest BCUT2D eigenvalue weighted by Crippen LogP contribution is -2.50. The van der Waals surface area contributed by atoms with E-state index in [4.69, 9.17) is 0 Å². The highest BCUT2D eigenvalue weighted by Crippen LogP contribution is 2.31. The maximum absolute atomic E-state index is 13.1. The van der Waals surface area contributed by atoms with Gasteiger partial charge in [-0.15, -0.1) is 10.2 Å². The molecule has 2 aromatic heterocycles. The normalized spacial score (nSPS) is 20.8. The molecule has 0 spiro atoms. The van der Waals surface area contributed by atoms with Gasteiger partial charge in [0.15, 0.2) is 5.82 Å². The van der Waals surface area contributed by atoms with E-state index in [1.165, 1.54) is 0 Å². The number of piperazine rings is 1. The lowest BCUT2D eigenvalue weighted by molar-refractivity contribution is -0.135. The molecule has 0 aliphatic carbocycles. The van der Waals surface area contributed by atoms with Gasteiger partial charge < -0.3 is 9.47 Å². The minimum absolute atomic E-state index is 0.195. The van der Waals surface area contributed by atoms with Crippen LogP contribution < -0.4 is 0 Å². The number of hydrogen-bond acceptors (Lipinski definition) is 6. The van der Waals surface area contributed by atoms with E-state index < -0.39 is 0 Å². The van der Waals surface area contributed by atoms with Crippen LogP contribution >= 0.6 is 0 Å². The Hall–Kier alpha value is -2.35. The monoisotopic (exact) mass is 355 g/mol. The first-order valence-corrected chi connectivity index (χ1v) is 9.48. The van der Waals surface area contributed by atoms with Crippen molar-refractivity contribution < 1.29 is 4.79 Å². The van der Waals surface area contributed by atoms with Crippen LogP contribution in [0.4, 0.5) is 0 Å². The second kappa shape index (κ2) is 7.49. The Morgan fingerprint density at radius 2 is 2.00 bits per heavy atom. The van der Waals surface area contributed by atoms with E-state index in [1.807, 2.05) is 9.47 Å². The summed E-state index contributed by atoms with van der Waals surface area (Å²) in [6, 6.07) is 0. The van der Waals surface area contributed by atoms with Crippen molar-refractivity contribution in [2.45, 2.75) is 38.6 Å². The summed E-state index contributed by atoms with van der Waals surface area (Å²) in [7, 11) is 0. The third-order valence-corrected chi connectivity index (χ3v) is 5.28. The molecular weight excluding hydrogens is 330 g/mol. The summed E-state index contributed by atoms with van der Waals surface area (Å²) < 4.78 is 2.05. The zero-order valence-electron chi connectivity index (χ0n) is 15.2. The number of hydrogen-bond donors (Lipinski definition) is 0. The van der Waals surface area contributed by atoms with Crippen LogP contribution in [0, 0.1) is 0 Å². The molecule has 0 aromatic carbocycles. The van der Waals surface area contributed by atoms with Gasteiger partial charge in [-0.2, -0.15) is 0 Å². The van der Waals surface area contributed by atoms with Crippen LogP contribution in [0.25, 0.3) is 11.5 Å². The quantitative estimate of drug-likeness (QED) is 0.819. The number of rotatable bonds is 4. The lowest BCUT2D eigenvalue weighted by atomic mass is 9.96. The molecule has 8 heteroatoms. The molecular formula is C18H25N7O. The molecule has 4 heterocycles. The Labute approximate surface area is 153 Å². The molecule has 0 N–H and O–H groups in total. The fraction of sp³-hybridized carbons (Fsp3) is 0.611. The van der Waals surface area contributed by atoms with Crippen molar-refractivity contribution in [3.05, 3.63) is 24.4 Å². The van der Waals surface area contributed by atoms with Gasteiger partial charge in [0.05, 0.1) is 12.1 Å². The van der Waals surface area contributed by atoms with E-state index in [2.05, 4.69) is 32.0 Å². The van der Waals surface area contributed by atoms with E-state index >= 15 is 0 Å². The Morgan fingerprint density at radius 3 is 2.73 bits per heavy atom. The minimum Gasteiger partial charge on any atom is -0.339 e. The zero-order chi connectivity index (χ0) is 17.9. The summed E-state index contributed by atoms with van der Waals surface area (Å²) in [6.45, 7) is 7.67. The minimum atomic E-state index is -0.195. The second-order valence-corrected chi connectivity index (χ2v) is 6.99. The van der Waals surface area contributed by atoms with Crippen molar-refractivity contribution in [3.8, 4) is 11.5 Å². The van der Waals surface area contributed by atoms with Gasteiger partial charge in [0.2, 0.25) is 5.91 Å². The maximum Gasteiger partial charge on any atom is 0.233 e. The molecule has 2 aliphatic heterocycles. The molecule has 2 aromatic rings. The van der Waals surface area contributed by atoms with Crippen LogP contribution in [0.2, 0.25) is 0 Å². The van der Waals surface area contributed by atoms with Gasteiger partial charge in [-0.1, -0.05) is 6.92 Å². The van der Waals surface area contributed by atoms with Crippen molar-refractivity contribution >= 4 is 5.91 Å². The number of carbonyl (C=O) groups is 1. The number of carbonyl (C=O) groups excluding carboxylic acids is 1. The van der Waals surface area contributed by atoms with E-state index in [-0.39, 0.29) is 11.8 Å². The van der Waals surface area contributed by atoms with Crippen molar-refractivity contribution in [2.24, 2.45) is 0 Å². The van der Waals surface area contributed by atoms with Crippen LogP contribution in [0.3, 0.4) is 0 Å². The van der Waals surface area contributed by atoms with Gasteiger partial charge in [0.25, 0.3) is 0 Å². The Balaban J connectivity index is 1.52. The van der Waals surface area contributed by atoms with Gasteiger partial charge in [-0.3, -0.25) is 14.7 Å². The molecule has 1 saturated heterocycles. The first-order valence-electron chi connectivity index (χ1n) is 9.48. The van der Waals surface area contributed by atoms with E-state index in [9.17, 15) is 4.79 Å². The number of amides is 1. The predicted molar refractivity (Wildman–Crippen MR) is 96.3 cm³/mol. The van der Waals surface area contributed by atoms with Crippen molar-refractivity contribution in [1.82, 2.24) is 34.5 Å². The number of fused-ring (bicyclic) bond motifs is 1. The number of nitrogens with zero attached hydrogens (tertiary/aromatic N) is 7. The third-order valence-electron chi connectivity index (χ3n) is 5.28. The third kappa shape index (κ3) is 3.21. The average Bonchev–Trinajstić information content (AvgIpc) is 3.13. The number of aromatic nitrogens is 5. The van der Waals surface area contributed by atoms with Crippen molar-refractivity contribution in [3.63, 3.8) is 0 Å². The lowest BCUT2D eigenvalue weighted by Gasteiger charge is -2.36. The molecule has 0 saturated carbocycles. The van der Waals surface area contributed by atoms with Crippen LogP contribution in [-0.2, 0) is 11.3 Å². The van der Waals surface area contributed by atoms with Crippen LogP contribution in [0.5, 0.6) is 0 Å². The fourth-order valence-electron chi connectivity index (χ4n) is 3.94. The first kappa shape index (κ1) is 17.1. The fourth-order valence-corrected chi connectivity index (χ4v) is 3.94. The Bertz CT molecular complexity index is 752. The standard InChI is InChI=1S/C18H25N7O/c1-2-7-23-9-11-24(12-10-23)18(26)14-4-3-8-25-16(14)21-22-17(25)15-13-19-5-6-20-15/h5-6,13-14H,2-4,7-12H2,1H3. The first-order chi connectivity index (χ1) is 12.8. The molecule has 1 atom stereocenters. The Morgan fingerprint density at radius 1 is 1.15 bits per heavy atom. The summed E-state index contributed by atoms with van der Waals surface area (Å²) in [5, 5.41) is 8.68. The van der Waals surface area contributed by atoms with Crippen molar-refractivity contribution in [1.29, 1.82) is 0 Å². The van der Waals surface area contributed by atoms with Crippen LogP contribution in [0.1, 0.15) is 37.9 Å². The predicted octanol–water partition coefficient (Wildman–Crippen LogP) is 1.17. The highest BCUT2D eigenvalue weighted by atomic mass is 16.2. The summed E-state index contributed by atoms with van der Waals surface area (Å²) in [4.78, 5) is 26.0. The molecule has 0 radical (unpaired) electrons. The van der Waals surface area contributed by atoms with Gasteiger partial charge in [-0.25, -0.2) is 4.98 Å². The smallest absolute Gasteiger partial charge is 0.233 e. The molecule has 0 bridgehead atoms. The SMILES string of the molecule is CCCN1CCN(C(=O)C2CCCn3c(-c4cnccn4)nnc32)CC1. The van der Waals surface area contributed by atoms with Crippen LogP contribution in [-0.4, -0.2) is 73.2 Å². The summed E-state index contributed by atoms with van der Waals surface area (Å²) in [5.41, 5.74) is 0.701. The van der Waals surface area contributed by atoms with Crippen LogP contribution in [0.15, 0.2) is 18.6 Å². The highest BCUT2D eigenvalue weighted by molar-refractivity contribution is 5.83. The average molecular weight is 355 g/mol. The summed E-state index contributed by atoms with van der Waals surface area (Å²) in [5.74, 6) is 1.48. The van der Waals surface area contributed by atoms with Gasteiger partial charge in [0, 0.05) is 45.1 Å². The van der Waals surface area contributed by atoms with E-state index in [0.29, 0.717) is 11.5 Å². The second-order valence-electron chi connectivity index (χ2n) is 6.99. The molecule has 8 nitrogen and oxygen atoms in total. The molecule has 4 rings (SSSR count). The molecule has 2 aliphatic rings. The zero-order valence-corrected chi connectivity index (χ0v) is 15.2. The molecule has 138 valence electrons. The van der Waals surface area contributed by atoms with Gasteiger partial charge in [0.1, 0.15) is 11.5 Å². The molecule has 26 heavy (non-hydrogen) atoms. The van der Waals surface area contributed by atoms with Crippen molar-refractivity contribution in [2.75, 3.05) is 32.7 Å². The summed E-state index contributed by atoms with van der Waals surface area (Å²) >= 11 is 0. The van der Waals surface area contributed by atoms with Gasteiger partial charge >= 0.3 is 0 Å². The topological polar surface area (TPSA) is 80.0 Å². The molecule has 1 fully saturated rings. The largest absolute Gasteiger partial charge is 0.339 e. The summed E-state index contributed by atoms with van der Waals surface area (Å²) in [6.07, 6.45) is 7.93. The van der Waals surface area contributed by atoms with Gasteiger partial charge in [-0.05, 0) is 25.8 Å². The molecule has 1 amide bonds. The van der Waals surface area contributed by atoms with E-state index in [0.717, 1.165) is 64.4 Å². The Kier molecular flexibility index (Phi) is 4.92.